The number of carbonyl (C=O) groups excluding carboxylic acids is 3. The van der Waals surface area contributed by atoms with Crippen LogP contribution in [0.4, 0.5) is 10.8 Å². The maximum absolute atomic E-state index is 12.4. The molecule has 3 amide bonds. The van der Waals surface area contributed by atoms with Gasteiger partial charge in [0.15, 0.2) is 0 Å². The highest BCUT2D eigenvalue weighted by Gasteiger charge is 2.29. The first-order valence-electron chi connectivity index (χ1n) is 9.44. The molecule has 3 N–H and O–H groups in total. The van der Waals surface area contributed by atoms with Crippen LogP contribution >= 0.6 is 11.3 Å². The smallest absolute Gasteiger partial charge is 0.254 e. The first kappa shape index (κ1) is 18.5. The van der Waals surface area contributed by atoms with E-state index in [0.717, 1.165) is 17.8 Å². The van der Waals surface area contributed by atoms with Gasteiger partial charge in [-0.25, -0.2) is 0 Å². The molecule has 9 heteroatoms. The highest BCUT2D eigenvalue weighted by Crippen LogP contribution is 2.35. The van der Waals surface area contributed by atoms with E-state index < -0.39 is 17.9 Å². The monoisotopic (exact) mass is 399 g/mol. The Hall–Kier alpha value is -2.81. The lowest BCUT2D eigenvalue weighted by molar-refractivity contribution is -0.122. The van der Waals surface area contributed by atoms with Crippen LogP contribution in [0.5, 0.6) is 0 Å². The maximum atomic E-state index is 12.4. The fraction of sp³-hybridized carbons (Fsp3) is 0.421. The van der Waals surface area contributed by atoms with Gasteiger partial charge in [0.25, 0.3) is 5.91 Å². The van der Waals surface area contributed by atoms with Crippen molar-refractivity contribution in [3.05, 3.63) is 34.8 Å². The Labute approximate surface area is 166 Å². The molecule has 0 saturated heterocycles. The molecule has 8 nitrogen and oxygen atoms in total. The summed E-state index contributed by atoms with van der Waals surface area (Å²) in [4.78, 5) is 37.1. The molecule has 0 unspecified atom stereocenters. The molecule has 28 heavy (non-hydrogen) atoms. The van der Waals surface area contributed by atoms with E-state index in [1.54, 1.807) is 24.3 Å². The number of nitrogens with one attached hydrogen (secondary N) is 3. The summed E-state index contributed by atoms with van der Waals surface area (Å²) in [6, 6.07) is 5.78. The van der Waals surface area contributed by atoms with Gasteiger partial charge in [0.2, 0.25) is 16.9 Å². The number of carbonyl (C=O) groups is 3. The predicted molar refractivity (Wildman–Crippen MR) is 105 cm³/mol. The van der Waals surface area contributed by atoms with Crippen LogP contribution in [0, 0.1) is 0 Å². The van der Waals surface area contributed by atoms with E-state index in [1.165, 1.54) is 30.6 Å². The Morgan fingerprint density at radius 3 is 2.75 bits per heavy atom. The van der Waals surface area contributed by atoms with E-state index in [1.807, 2.05) is 0 Å². The molecule has 0 bridgehead atoms. The Balaban J connectivity index is 1.38. The van der Waals surface area contributed by atoms with Gasteiger partial charge in [-0.2, -0.15) is 0 Å². The van der Waals surface area contributed by atoms with Gasteiger partial charge in [-0.05, 0) is 25.0 Å². The standard InChI is InChI=1S/C19H21N5O3S/c25-15(22-19-24-23-18(28-19)11-6-2-1-3-7-11)10-14-17(27)20-13-9-5-4-8-12(13)16(26)21-14/h4-5,8-9,11,14H,1-3,6-7,10H2,(H,20,27)(H,21,26)(H,22,24,25)/t14-/m1/s1. The van der Waals surface area contributed by atoms with Crippen LogP contribution in [0.1, 0.15) is 59.8 Å². The summed E-state index contributed by atoms with van der Waals surface area (Å²) in [7, 11) is 0. The average molecular weight is 399 g/mol. The number of hydrogen-bond donors (Lipinski definition) is 3. The summed E-state index contributed by atoms with van der Waals surface area (Å²) < 4.78 is 0. The van der Waals surface area contributed by atoms with Crippen molar-refractivity contribution in [2.24, 2.45) is 0 Å². The van der Waals surface area contributed by atoms with Crippen molar-refractivity contribution in [1.82, 2.24) is 15.5 Å². The molecule has 146 valence electrons. The summed E-state index contributed by atoms with van der Waals surface area (Å²) in [5.74, 6) is -0.782. The molecule has 2 aliphatic rings. The van der Waals surface area contributed by atoms with E-state index in [-0.39, 0.29) is 12.3 Å². The number of rotatable bonds is 4. The van der Waals surface area contributed by atoms with Crippen molar-refractivity contribution in [2.45, 2.75) is 50.5 Å². The second-order valence-electron chi connectivity index (χ2n) is 7.09. The van der Waals surface area contributed by atoms with Crippen molar-refractivity contribution in [3.63, 3.8) is 0 Å². The van der Waals surface area contributed by atoms with Crippen LogP contribution in [0.25, 0.3) is 0 Å². The fourth-order valence-corrected chi connectivity index (χ4v) is 4.54. The number of para-hydroxylation sites is 1. The number of hydrogen-bond acceptors (Lipinski definition) is 6. The number of anilines is 2. The zero-order chi connectivity index (χ0) is 19.5. The van der Waals surface area contributed by atoms with Crippen LogP contribution < -0.4 is 16.0 Å². The van der Waals surface area contributed by atoms with E-state index >= 15 is 0 Å². The van der Waals surface area contributed by atoms with Crippen molar-refractivity contribution in [2.75, 3.05) is 10.6 Å². The molecule has 1 atom stereocenters. The number of amides is 3. The number of aromatic nitrogens is 2. The molecule has 1 aliphatic heterocycles. The van der Waals surface area contributed by atoms with Crippen molar-refractivity contribution in [1.29, 1.82) is 0 Å². The first-order valence-corrected chi connectivity index (χ1v) is 10.3. The van der Waals surface area contributed by atoms with E-state index in [9.17, 15) is 14.4 Å². The summed E-state index contributed by atoms with van der Waals surface area (Å²) in [5, 5.41) is 17.7. The summed E-state index contributed by atoms with van der Waals surface area (Å²) in [6.07, 6.45) is 5.70. The van der Waals surface area contributed by atoms with E-state index in [2.05, 4.69) is 26.1 Å². The van der Waals surface area contributed by atoms with Gasteiger partial charge in [0.05, 0.1) is 17.7 Å². The van der Waals surface area contributed by atoms with Gasteiger partial charge < -0.3 is 16.0 Å². The average Bonchev–Trinajstić information content (AvgIpc) is 3.12. The molecule has 0 spiro atoms. The van der Waals surface area contributed by atoms with Crippen LogP contribution in [0.15, 0.2) is 24.3 Å². The minimum atomic E-state index is -0.953. The second kappa shape index (κ2) is 8.05. The lowest BCUT2D eigenvalue weighted by atomic mass is 9.90. The van der Waals surface area contributed by atoms with Gasteiger partial charge in [-0.1, -0.05) is 42.7 Å². The third-order valence-electron chi connectivity index (χ3n) is 5.08. The zero-order valence-corrected chi connectivity index (χ0v) is 16.1. The third kappa shape index (κ3) is 4.04. The molecule has 4 rings (SSSR count). The Morgan fingerprint density at radius 2 is 1.93 bits per heavy atom. The molecule has 1 fully saturated rings. The molecule has 1 saturated carbocycles. The number of fused-ring (bicyclic) bond motifs is 1. The van der Waals surface area contributed by atoms with Gasteiger partial charge in [0.1, 0.15) is 11.0 Å². The lowest BCUT2D eigenvalue weighted by Gasteiger charge is -2.18. The van der Waals surface area contributed by atoms with Crippen LogP contribution in [0.2, 0.25) is 0 Å². The zero-order valence-electron chi connectivity index (χ0n) is 15.2. The summed E-state index contributed by atoms with van der Waals surface area (Å²) in [6.45, 7) is 0. The minimum Gasteiger partial charge on any atom is -0.340 e. The van der Waals surface area contributed by atoms with Crippen molar-refractivity contribution >= 4 is 39.9 Å². The molecule has 1 aliphatic carbocycles. The predicted octanol–water partition coefficient (Wildman–Crippen LogP) is 2.67. The molecule has 0 radical (unpaired) electrons. The lowest BCUT2D eigenvalue weighted by Crippen LogP contribution is -2.43. The Morgan fingerprint density at radius 1 is 1.14 bits per heavy atom. The van der Waals surface area contributed by atoms with Crippen LogP contribution in [-0.4, -0.2) is 34.0 Å². The van der Waals surface area contributed by atoms with Crippen molar-refractivity contribution in [3.8, 4) is 0 Å². The highest BCUT2D eigenvalue weighted by atomic mass is 32.1. The van der Waals surface area contributed by atoms with Gasteiger partial charge >= 0.3 is 0 Å². The van der Waals surface area contributed by atoms with E-state index in [0.29, 0.717) is 22.3 Å². The topological polar surface area (TPSA) is 113 Å². The Bertz CT molecular complexity index is 906. The van der Waals surface area contributed by atoms with Crippen LogP contribution in [0.3, 0.4) is 0 Å². The second-order valence-corrected chi connectivity index (χ2v) is 8.10. The number of benzene rings is 1. The van der Waals surface area contributed by atoms with Gasteiger partial charge in [0, 0.05) is 5.92 Å². The van der Waals surface area contributed by atoms with E-state index in [4.69, 9.17) is 0 Å². The normalized spacial score (nSPS) is 19.9. The molecular weight excluding hydrogens is 378 g/mol. The quantitative estimate of drug-likeness (QED) is 0.732. The molecular formula is C19H21N5O3S. The highest BCUT2D eigenvalue weighted by molar-refractivity contribution is 7.15. The third-order valence-corrected chi connectivity index (χ3v) is 6.08. The van der Waals surface area contributed by atoms with Gasteiger partial charge in [-0.3, -0.25) is 14.4 Å². The fourth-order valence-electron chi connectivity index (χ4n) is 3.61. The molecule has 2 aromatic rings. The number of nitrogens with zero attached hydrogens (tertiary/aromatic N) is 2. The van der Waals surface area contributed by atoms with Crippen LogP contribution in [-0.2, 0) is 9.59 Å². The minimum absolute atomic E-state index is 0.177. The van der Waals surface area contributed by atoms with Gasteiger partial charge in [-0.15, -0.1) is 10.2 Å². The SMILES string of the molecule is O=C(C[C@H]1NC(=O)c2ccccc2NC1=O)Nc1nnc(C2CCCCC2)s1. The summed E-state index contributed by atoms with van der Waals surface area (Å²) in [5.41, 5.74) is 0.814. The molecule has 1 aromatic carbocycles. The summed E-state index contributed by atoms with van der Waals surface area (Å²) >= 11 is 1.38. The first-order chi connectivity index (χ1) is 13.6. The molecule has 2 heterocycles. The van der Waals surface area contributed by atoms with Crippen molar-refractivity contribution < 1.29 is 14.4 Å². The maximum Gasteiger partial charge on any atom is 0.254 e. The molecule has 1 aromatic heterocycles. The Kier molecular flexibility index (Phi) is 5.34. The largest absolute Gasteiger partial charge is 0.340 e.